The van der Waals surface area contributed by atoms with Gasteiger partial charge in [-0.1, -0.05) is 6.92 Å². The van der Waals surface area contributed by atoms with Crippen LogP contribution >= 0.6 is 0 Å². The summed E-state index contributed by atoms with van der Waals surface area (Å²) in [5.74, 6) is 1.07. The molecule has 0 aromatic carbocycles. The highest BCUT2D eigenvalue weighted by molar-refractivity contribution is 5.30. The molecule has 1 aromatic heterocycles. The number of aromatic nitrogens is 2. The highest BCUT2D eigenvalue weighted by Crippen LogP contribution is 2.46. The van der Waals surface area contributed by atoms with Gasteiger partial charge in [0, 0.05) is 17.7 Å². The molecule has 0 atom stereocenters. The second-order valence-electron chi connectivity index (χ2n) is 5.05. The van der Waals surface area contributed by atoms with E-state index in [0.29, 0.717) is 0 Å². The van der Waals surface area contributed by atoms with Gasteiger partial charge in [0.1, 0.15) is 5.82 Å². The quantitative estimate of drug-likeness (QED) is 0.751. The molecule has 15 heavy (non-hydrogen) atoms. The lowest BCUT2D eigenvalue weighted by Crippen LogP contribution is -2.27. The van der Waals surface area contributed by atoms with E-state index in [9.17, 15) is 0 Å². The average molecular weight is 203 g/mol. The maximum absolute atomic E-state index is 4.73. The second kappa shape index (κ2) is 3.01. The zero-order valence-electron chi connectivity index (χ0n) is 9.43. The summed E-state index contributed by atoms with van der Waals surface area (Å²) < 4.78 is 0. The number of hydrogen-bond donors (Lipinski definition) is 1. The lowest BCUT2D eigenvalue weighted by atomic mass is 10.0. The van der Waals surface area contributed by atoms with Crippen molar-refractivity contribution in [3.63, 3.8) is 0 Å². The van der Waals surface area contributed by atoms with Gasteiger partial charge in [-0.2, -0.15) is 0 Å². The lowest BCUT2D eigenvalue weighted by molar-refractivity contribution is 0.596. The average Bonchev–Trinajstić information content (AvgIpc) is 2.98. The van der Waals surface area contributed by atoms with E-state index in [0.717, 1.165) is 25.3 Å². The van der Waals surface area contributed by atoms with E-state index in [2.05, 4.69) is 24.1 Å². The Bertz CT molecular complexity index is 408. The molecule has 3 rings (SSSR count). The Kier molecular flexibility index (Phi) is 1.87. The molecule has 0 saturated heterocycles. The maximum atomic E-state index is 4.73. The molecule has 2 aliphatic rings. The topological polar surface area (TPSA) is 37.8 Å². The van der Waals surface area contributed by atoms with E-state index < -0.39 is 0 Å². The summed E-state index contributed by atoms with van der Waals surface area (Å²) in [6, 6.07) is 0. The van der Waals surface area contributed by atoms with Crippen LogP contribution in [0.2, 0.25) is 0 Å². The minimum Gasteiger partial charge on any atom is -0.311 e. The summed E-state index contributed by atoms with van der Waals surface area (Å²) >= 11 is 0. The summed E-state index contributed by atoms with van der Waals surface area (Å²) in [5.41, 5.74) is 4.10. The molecule has 1 N–H and O–H groups in total. The lowest BCUT2D eigenvalue weighted by Gasteiger charge is -2.20. The third-order valence-corrected chi connectivity index (χ3v) is 3.68. The van der Waals surface area contributed by atoms with Gasteiger partial charge in [-0.3, -0.25) is 0 Å². The summed E-state index contributed by atoms with van der Waals surface area (Å²) in [5, 5.41) is 3.38. The Morgan fingerprint density at radius 1 is 1.27 bits per heavy atom. The number of nitrogens with zero attached hydrogens (tertiary/aromatic N) is 2. The van der Waals surface area contributed by atoms with Crippen molar-refractivity contribution < 1.29 is 0 Å². The zero-order valence-corrected chi connectivity index (χ0v) is 9.43. The van der Waals surface area contributed by atoms with Crippen LogP contribution < -0.4 is 5.32 Å². The maximum Gasteiger partial charge on any atom is 0.134 e. The zero-order chi connectivity index (χ0) is 10.5. The molecule has 1 fully saturated rings. The van der Waals surface area contributed by atoms with Gasteiger partial charge in [0.2, 0.25) is 0 Å². The van der Waals surface area contributed by atoms with Crippen LogP contribution in [-0.2, 0) is 18.4 Å². The van der Waals surface area contributed by atoms with Crippen LogP contribution in [0.1, 0.15) is 42.5 Å². The first-order valence-corrected chi connectivity index (χ1v) is 5.77. The molecule has 3 nitrogen and oxygen atoms in total. The Morgan fingerprint density at radius 3 is 2.80 bits per heavy atom. The van der Waals surface area contributed by atoms with Crippen LogP contribution in [0.5, 0.6) is 0 Å². The summed E-state index contributed by atoms with van der Waals surface area (Å²) in [4.78, 5) is 9.42. The normalized spacial score (nSPS) is 22.3. The SMILES string of the molecule is Cc1nc(C2(C)CC2)nc2c1CCNC2. The molecule has 2 heterocycles. The summed E-state index contributed by atoms with van der Waals surface area (Å²) in [6.07, 6.45) is 3.58. The minimum absolute atomic E-state index is 0.289. The van der Waals surface area contributed by atoms with Gasteiger partial charge in [-0.25, -0.2) is 9.97 Å². The van der Waals surface area contributed by atoms with Crippen LogP contribution in [0.4, 0.5) is 0 Å². The van der Waals surface area contributed by atoms with Crippen LogP contribution in [0.25, 0.3) is 0 Å². The van der Waals surface area contributed by atoms with Gasteiger partial charge < -0.3 is 5.32 Å². The van der Waals surface area contributed by atoms with Crippen molar-refractivity contribution in [2.75, 3.05) is 6.54 Å². The molecule has 0 bridgehead atoms. The fourth-order valence-electron chi connectivity index (χ4n) is 2.23. The Hall–Kier alpha value is -0.960. The Balaban J connectivity index is 2.08. The largest absolute Gasteiger partial charge is 0.311 e. The van der Waals surface area contributed by atoms with Crippen molar-refractivity contribution in [2.24, 2.45) is 0 Å². The standard InChI is InChI=1S/C12H17N3/c1-8-9-3-6-13-7-10(9)15-11(14-8)12(2)4-5-12/h13H,3-7H2,1-2H3. The van der Waals surface area contributed by atoms with Crippen LogP contribution in [0, 0.1) is 6.92 Å². The third kappa shape index (κ3) is 1.46. The van der Waals surface area contributed by atoms with Gasteiger partial charge in [-0.15, -0.1) is 0 Å². The van der Waals surface area contributed by atoms with E-state index in [1.165, 1.54) is 29.8 Å². The van der Waals surface area contributed by atoms with Crippen molar-refractivity contribution in [3.05, 3.63) is 22.8 Å². The smallest absolute Gasteiger partial charge is 0.134 e. The predicted octanol–water partition coefficient (Wildman–Crippen LogP) is 1.48. The summed E-state index contributed by atoms with van der Waals surface area (Å²) in [7, 11) is 0. The van der Waals surface area contributed by atoms with E-state index in [4.69, 9.17) is 4.98 Å². The predicted molar refractivity (Wildman–Crippen MR) is 58.8 cm³/mol. The number of aryl methyl sites for hydroxylation is 1. The molecule has 1 aromatic rings. The molecular weight excluding hydrogens is 186 g/mol. The van der Waals surface area contributed by atoms with Crippen LogP contribution in [0.3, 0.4) is 0 Å². The molecule has 1 aliphatic carbocycles. The number of nitrogens with one attached hydrogen (secondary N) is 1. The van der Waals surface area contributed by atoms with Gasteiger partial charge >= 0.3 is 0 Å². The molecule has 0 amide bonds. The summed E-state index contributed by atoms with van der Waals surface area (Å²) in [6.45, 7) is 6.38. The molecule has 3 heteroatoms. The van der Waals surface area contributed by atoms with E-state index >= 15 is 0 Å². The van der Waals surface area contributed by atoms with Crippen molar-refractivity contribution >= 4 is 0 Å². The van der Waals surface area contributed by atoms with Crippen molar-refractivity contribution in [3.8, 4) is 0 Å². The van der Waals surface area contributed by atoms with Crippen LogP contribution in [0.15, 0.2) is 0 Å². The Morgan fingerprint density at radius 2 is 2.07 bits per heavy atom. The monoisotopic (exact) mass is 203 g/mol. The highest BCUT2D eigenvalue weighted by Gasteiger charge is 2.42. The Labute approximate surface area is 90.3 Å². The first-order valence-electron chi connectivity index (χ1n) is 5.77. The van der Waals surface area contributed by atoms with Gasteiger partial charge in [0.25, 0.3) is 0 Å². The van der Waals surface area contributed by atoms with Crippen molar-refractivity contribution in [2.45, 2.75) is 45.1 Å². The first kappa shape index (κ1) is 9.28. The van der Waals surface area contributed by atoms with Gasteiger partial charge in [0.15, 0.2) is 0 Å². The fourth-order valence-corrected chi connectivity index (χ4v) is 2.23. The van der Waals surface area contributed by atoms with Crippen LogP contribution in [-0.4, -0.2) is 16.5 Å². The fraction of sp³-hybridized carbons (Fsp3) is 0.667. The number of rotatable bonds is 1. The van der Waals surface area contributed by atoms with E-state index in [1.807, 2.05) is 0 Å². The third-order valence-electron chi connectivity index (χ3n) is 3.68. The molecule has 0 spiro atoms. The molecule has 80 valence electrons. The van der Waals surface area contributed by atoms with Gasteiger partial charge in [-0.05, 0) is 38.3 Å². The molecule has 1 aliphatic heterocycles. The molecular formula is C12H17N3. The number of hydrogen-bond acceptors (Lipinski definition) is 3. The molecule has 1 saturated carbocycles. The van der Waals surface area contributed by atoms with Gasteiger partial charge in [0.05, 0.1) is 5.69 Å². The molecule has 0 unspecified atom stereocenters. The molecule has 0 radical (unpaired) electrons. The first-order chi connectivity index (χ1) is 7.19. The van der Waals surface area contributed by atoms with E-state index in [1.54, 1.807) is 0 Å². The second-order valence-corrected chi connectivity index (χ2v) is 5.05. The van der Waals surface area contributed by atoms with Crippen molar-refractivity contribution in [1.29, 1.82) is 0 Å². The van der Waals surface area contributed by atoms with Crippen molar-refractivity contribution in [1.82, 2.24) is 15.3 Å². The highest BCUT2D eigenvalue weighted by atomic mass is 15.0. The number of fused-ring (bicyclic) bond motifs is 1. The van der Waals surface area contributed by atoms with E-state index in [-0.39, 0.29) is 5.41 Å². The minimum atomic E-state index is 0.289.